The third-order valence-corrected chi connectivity index (χ3v) is 2.50. The van der Waals surface area contributed by atoms with Gasteiger partial charge in [0.1, 0.15) is 0 Å². The van der Waals surface area contributed by atoms with Crippen LogP contribution in [0.3, 0.4) is 0 Å². The predicted octanol–water partition coefficient (Wildman–Crippen LogP) is 2.43. The molecule has 0 aliphatic carbocycles. The third kappa shape index (κ3) is 5.29. The lowest BCUT2D eigenvalue weighted by Crippen LogP contribution is -2.21. The number of nitro benzene ring substituents is 1. The first kappa shape index (κ1) is 14.8. The van der Waals surface area contributed by atoms with Gasteiger partial charge in [0.25, 0.3) is 5.69 Å². The molecule has 0 atom stereocenters. The Labute approximate surface area is 111 Å². The molecule has 6 nitrogen and oxygen atoms in total. The van der Waals surface area contributed by atoms with Crippen molar-refractivity contribution in [2.75, 3.05) is 0 Å². The Balaban J connectivity index is 2.53. The summed E-state index contributed by atoms with van der Waals surface area (Å²) >= 11 is 0. The summed E-state index contributed by atoms with van der Waals surface area (Å²) in [5, 5.41) is 14.4. The summed E-state index contributed by atoms with van der Waals surface area (Å²) < 4.78 is 0. The second-order valence-corrected chi connectivity index (χ2v) is 4.23. The quantitative estimate of drug-likeness (QED) is 0.486. The fourth-order valence-electron chi connectivity index (χ4n) is 1.54. The van der Waals surface area contributed by atoms with Crippen molar-refractivity contribution >= 4 is 17.3 Å². The van der Waals surface area contributed by atoms with E-state index in [1.165, 1.54) is 12.1 Å². The van der Waals surface area contributed by atoms with Crippen LogP contribution in [0.2, 0.25) is 0 Å². The lowest BCUT2D eigenvalue weighted by Gasteiger charge is -2.02. The van der Waals surface area contributed by atoms with Gasteiger partial charge in [-0.1, -0.05) is 25.5 Å². The minimum atomic E-state index is -0.470. The van der Waals surface area contributed by atoms with Crippen molar-refractivity contribution in [3.05, 3.63) is 39.9 Å². The van der Waals surface area contributed by atoms with Crippen LogP contribution in [-0.2, 0) is 11.2 Å². The number of hydrogen-bond donors (Lipinski definition) is 1. The lowest BCUT2D eigenvalue weighted by atomic mass is 10.1. The topological polar surface area (TPSA) is 84.6 Å². The Bertz CT molecular complexity index is 480. The van der Waals surface area contributed by atoms with E-state index in [0.29, 0.717) is 5.56 Å². The molecule has 0 fully saturated rings. The summed E-state index contributed by atoms with van der Waals surface area (Å²) in [5.74, 6) is -0.232. The summed E-state index contributed by atoms with van der Waals surface area (Å²) in [7, 11) is 0. The molecule has 102 valence electrons. The number of non-ortho nitro benzene ring substituents is 1. The van der Waals surface area contributed by atoms with Gasteiger partial charge >= 0.3 is 0 Å². The minimum Gasteiger partial charge on any atom is -0.273 e. The Morgan fingerprint density at radius 3 is 2.53 bits per heavy atom. The zero-order valence-electron chi connectivity index (χ0n) is 11.0. The van der Waals surface area contributed by atoms with Crippen molar-refractivity contribution in [3.8, 4) is 0 Å². The lowest BCUT2D eigenvalue weighted by molar-refractivity contribution is -0.384. The largest absolute Gasteiger partial charge is 0.273 e. The number of nitro groups is 1. The Hall–Kier alpha value is -2.24. The first-order valence-electron chi connectivity index (χ1n) is 6.08. The first-order valence-corrected chi connectivity index (χ1v) is 6.08. The molecule has 0 heterocycles. The van der Waals surface area contributed by atoms with E-state index in [1.807, 2.05) is 13.8 Å². The second-order valence-electron chi connectivity index (χ2n) is 4.23. The van der Waals surface area contributed by atoms with Crippen molar-refractivity contribution in [2.24, 2.45) is 5.10 Å². The number of carbonyl (C=O) groups is 1. The Kier molecular flexibility index (Phi) is 5.66. The molecule has 0 saturated carbocycles. The van der Waals surface area contributed by atoms with E-state index in [-0.39, 0.29) is 18.0 Å². The van der Waals surface area contributed by atoms with E-state index in [9.17, 15) is 14.9 Å². The number of hydrogen-bond acceptors (Lipinski definition) is 4. The highest BCUT2D eigenvalue weighted by atomic mass is 16.6. The molecular formula is C13H17N3O3. The van der Waals surface area contributed by atoms with Crippen LogP contribution in [0.15, 0.2) is 29.4 Å². The van der Waals surface area contributed by atoms with Crippen molar-refractivity contribution in [2.45, 2.75) is 33.1 Å². The van der Waals surface area contributed by atoms with E-state index in [1.54, 1.807) is 12.1 Å². The van der Waals surface area contributed by atoms with E-state index >= 15 is 0 Å². The molecule has 0 bridgehead atoms. The predicted molar refractivity (Wildman–Crippen MR) is 73.0 cm³/mol. The molecule has 6 heteroatoms. The molecule has 19 heavy (non-hydrogen) atoms. The Morgan fingerprint density at radius 2 is 2.00 bits per heavy atom. The first-order chi connectivity index (χ1) is 9.02. The highest BCUT2D eigenvalue weighted by molar-refractivity contribution is 5.85. The van der Waals surface area contributed by atoms with Gasteiger partial charge in [0.2, 0.25) is 5.91 Å². The second kappa shape index (κ2) is 7.25. The number of benzene rings is 1. The summed E-state index contributed by atoms with van der Waals surface area (Å²) in [6.07, 6.45) is 1.98. The van der Waals surface area contributed by atoms with Gasteiger partial charge in [0, 0.05) is 17.8 Å². The van der Waals surface area contributed by atoms with Crippen molar-refractivity contribution in [1.82, 2.24) is 5.43 Å². The number of carbonyl (C=O) groups excluding carboxylic acids is 1. The SMILES string of the molecule is CCC/C(C)=N/NC(=O)Cc1ccc([N+](=O)[O-])cc1. The normalized spacial score (nSPS) is 11.2. The smallest absolute Gasteiger partial charge is 0.269 e. The van der Waals surface area contributed by atoms with Gasteiger partial charge in [0.05, 0.1) is 11.3 Å². The average molecular weight is 263 g/mol. The van der Waals surface area contributed by atoms with Crippen LogP contribution in [0.5, 0.6) is 0 Å². The van der Waals surface area contributed by atoms with Crippen LogP contribution < -0.4 is 5.43 Å². The molecule has 1 aromatic carbocycles. The van der Waals surface area contributed by atoms with Crippen LogP contribution in [0.4, 0.5) is 5.69 Å². The zero-order valence-corrected chi connectivity index (χ0v) is 11.0. The molecule has 0 aliphatic rings. The molecule has 1 N–H and O–H groups in total. The van der Waals surface area contributed by atoms with Crippen molar-refractivity contribution in [3.63, 3.8) is 0 Å². The van der Waals surface area contributed by atoms with Crippen molar-refractivity contribution in [1.29, 1.82) is 0 Å². The molecule has 1 aromatic rings. The fraction of sp³-hybridized carbons (Fsp3) is 0.385. The number of hydrazone groups is 1. The summed E-state index contributed by atoms with van der Waals surface area (Å²) in [4.78, 5) is 21.6. The van der Waals surface area contributed by atoms with Gasteiger partial charge < -0.3 is 0 Å². The molecular weight excluding hydrogens is 246 g/mol. The number of nitrogens with zero attached hydrogens (tertiary/aromatic N) is 2. The summed E-state index contributed by atoms with van der Waals surface area (Å²) in [6, 6.07) is 5.91. The molecule has 0 aromatic heterocycles. The van der Waals surface area contributed by atoms with Crippen LogP contribution >= 0.6 is 0 Å². The molecule has 1 amide bonds. The summed E-state index contributed by atoms with van der Waals surface area (Å²) in [6.45, 7) is 3.90. The van der Waals surface area contributed by atoms with Gasteiger partial charge in [-0.3, -0.25) is 14.9 Å². The maximum atomic E-state index is 11.6. The van der Waals surface area contributed by atoms with E-state index in [0.717, 1.165) is 18.6 Å². The van der Waals surface area contributed by atoms with Crippen LogP contribution in [0.1, 0.15) is 32.3 Å². The fourth-order valence-corrected chi connectivity index (χ4v) is 1.54. The molecule has 0 spiro atoms. The molecule has 0 saturated heterocycles. The van der Waals surface area contributed by atoms with Crippen LogP contribution in [-0.4, -0.2) is 16.5 Å². The average Bonchev–Trinajstić information content (AvgIpc) is 2.37. The summed E-state index contributed by atoms with van der Waals surface area (Å²) in [5.41, 5.74) is 4.07. The van der Waals surface area contributed by atoms with Crippen LogP contribution in [0, 0.1) is 10.1 Å². The van der Waals surface area contributed by atoms with E-state index in [2.05, 4.69) is 10.5 Å². The molecule has 0 radical (unpaired) electrons. The Morgan fingerprint density at radius 1 is 1.37 bits per heavy atom. The number of amides is 1. The van der Waals surface area contributed by atoms with E-state index < -0.39 is 4.92 Å². The zero-order chi connectivity index (χ0) is 14.3. The van der Waals surface area contributed by atoms with Crippen molar-refractivity contribution < 1.29 is 9.72 Å². The standard InChI is InChI=1S/C13H17N3O3/c1-3-4-10(2)14-15-13(17)9-11-5-7-12(8-6-11)16(18)19/h5-8H,3-4,9H2,1-2H3,(H,15,17)/b14-10+. The van der Waals surface area contributed by atoms with Crippen LogP contribution in [0.25, 0.3) is 0 Å². The monoisotopic (exact) mass is 263 g/mol. The molecule has 0 aliphatic heterocycles. The minimum absolute atomic E-state index is 0.0148. The molecule has 0 unspecified atom stereocenters. The highest BCUT2D eigenvalue weighted by Gasteiger charge is 2.06. The number of rotatable bonds is 6. The maximum Gasteiger partial charge on any atom is 0.269 e. The highest BCUT2D eigenvalue weighted by Crippen LogP contribution is 2.12. The van der Waals surface area contributed by atoms with E-state index in [4.69, 9.17) is 0 Å². The van der Waals surface area contributed by atoms with Gasteiger partial charge in [-0.2, -0.15) is 5.10 Å². The van der Waals surface area contributed by atoms with Gasteiger partial charge in [-0.05, 0) is 18.9 Å². The van der Waals surface area contributed by atoms with Gasteiger partial charge in [0.15, 0.2) is 0 Å². The third-order valence-electron chi connectivity index (χ3n) is 2.50. The maximum absolute atomic E-state index is 11.6. The van der Waals surface area contributed by atoms with Gasteiger partial charge in [-0.25, -0.2) is 5.43 Å². The van der Waals surface area contributed by atoms with Gasteiger partial charge in [-0.15, -0.1) is 0 Å². The molecule has 1 rings (SSSR count). The number of nitrogens with one attached hydrogen (secondary N) is 1.